The summed E-state index contributed by atoms with van der Waals surface area (Å²) in [5, 5.41) is 32.0. The van der Waals surface area contributed by atoms with Crippen molar-refractivity contribution < 1.29 is 39.0 Å². The molecule has 0 saturated carbocycles. The maximum atomic E-state index is 12.2. The number of aliphatic hydroxyl groups is 1. The third-order valence-electron chi connectivity index (χ3n) is 4.72. The van der Waals surface area contributed by atoms with Crippen LogP contribution in [-0.2, 0) is 19.2 Å². The molecule has 1 atom stereocenters. The van der Waals surface area contributed by atoms with E-state index in [0.29, 0.717) is 10.6 Å². The second-order valence-corrected chi connectivity index (χ2v) is 7.15. The molecule has 13 nitrogen and oxygen atoms in total. The number of benzene rings is 1. The number of amides is 4. The summed E-state index contributed by atoms with van der Waals surface area (Å²) in [6, 6.07) is 5.56. The molecule has 3 rings (SSSR count). The summed E-state index contributed by atoms with van der Waals surface area (Å²) in [5.41, 5.74) is 0.509. The molecule has 0 aromatic heterocycles. The fraction of sp³-hybridized carbons (Fsp3) is 0.250. The minimum atomic E-state index is -1.14. The van der Waals surface area contributed by atoms with Crippen LogP contribution >= 0.6 is 0 Å². The van der Waals surface area contributed by atoms with Gasteiger partial charge in [-0.15, -0.1) is 5.06 Å². The molecular formula is C20H19BN5O8. The third-order valence-corrected chi connectivity index (χ3v) is 4.72. The van der Waals surface area contributed by atoms with Gasteiger partial charge in [-0.05, 0) is 23.8 Å². The first kappa shape index (κ1) is 24.2. The van der Waals surface area contributed by atoms with Gasteiger partial charge in [-0.3, -0.25) is 14.4 Å². The first-order valence-electron chi connectivity index (χ1n) is 10.0. The smallest absolute Gasteiger partial charge is 0.421 e. The van der Waals surface area contributed by atoms with Crippen LogP contribution in [0.3, 0.4) is 0 Å². The SMILES string of the molecule is O=C(CC1=C(O)C=CC(N=Nc2ccccc2C(=O)O)C1)N[B]NC(=O)ON1C(=O)CCC1=O. The largest absolute Gasteiger partial charge is 0.508 e. The molecule has 1 radical (unpaired) electrons. The predicted octanol–water partition coefficient (Wildman–Crippen LogP) is 1.44. The van der Waals surface area contributed by atoms with Crippen molar-refractivity contribution in [3.63, 3.8) is 0 Å². The number of nitrogens with zero attached hydrogens (tertiary/aromatic N) is 3. The average Bonchev–Trinajstić information content (AvgIpc) is 3.11. The van der Waals surface area contributed by atoms with Gasteiger partial charge in [-0.2, -0.15) is 10.2 Å². The van der Waals surface area contributed by atoms with Crippen molar-refractivity contribution in [3.8, 4) is 0 Å². The molecule has 175 valence electrons. The first-order chi connectivity index (χ1) is 16.2. The minimum absolute atomic E-state index is 0.0101. The number of hydrogen-bond acceptors (Lipinski definition) is 9. The fourth-order valence-corrected chi connectivity index (χ4v) is 3.05. The van der Waals surface area contributed by atoms with Gasteiger partial charge in [0, 0.05) is 19.3 Å². The van der Waals surface area contributed by atoms with E-state index in [0.717, 1.165) is 7.55 Å². The second-order valence-electron chi connectivity index (χ2n) is 7.15. The highest BCUT2D eigenvalue weighted by molar-refractivity contribution is 6.38. The molecule has 34 heavy (non-hydrogen) atoms. The van der Waals surface area contributed by atoms with Crippen LogP contribution in [0.1, 0.15) is 36.0 Å². The predicted molar refractivity (Wildman–Crippen MR) is 114 cm³/mol. The van der Waals surface area contributed by atoms with Crippen molar-refractivity contribution in [2.45, 2.75) is 31.7 Å². The molecule has 1 aromatic rings. The van der Waals surface area contributed by atoms with Crippen LogP contribution in [0.2, 0.25) is 0 Å². The maximum Gasteiger partial charge on any atom is 0.421 e. The van der Waals surface area contributed by atoms with Crippen LogP contribution in [0.4, 0.5) is 10.5 Å². The number of azo groups is 1. The highest BCUT2D eigenvalue weighted by Crippen LogP contribution is 2.25. The number of carboxylic acid groups (broad SMARTS) is 1. The second kappa shape index (κ2) is 10.9. The Kier molecular flexibility index (Phi) is 7.74. The Morgan fingerprint density at radius 2 is 1.85 bits per heavy atom. The Morgan fingerprint density at radius 3 is 2.56 bits per heavy atom. The van der Waals surface area contributed by atoms with Crippen LogP contribution in [0.25, 0.3) is 0 Å². The van der Waals surface area contributed by atoms with E-state index in [1.165, 1.54) is 18.2 Å². The number of carboxylic acids is 1. The summed E-state index contributed by atoms with van der Waals surface area (Å²) in [5.74, 6) is -3.13. The molecule has 0 bridgehead atoms. The molecule has 1 unspecified atom stereocenters. The summed E-state index contributed by atoms with van der Waals surface area (Å²) in [4.78, 5) is 62.4. The van der Waals surface area contributed by atoms with Gasteiger partial charge in [-0.25, -0.2) is 9.59 Å². The lowest BCUT2D eigenvalue weighted by molar-refractivity contribution is -0.171. The number of rotatable bonds is 8. The van der Waals surface area contributed by atoms with Crippen LogP contribution in [0.15, 0.2) is 58.0 Å². The number of aromatic carboxylic acids is 1. The molecule has 0 spiro atoms. The summed E-state index contributed by atoms with van der Waals surface area (Å²) in [6.07, 6.45) is 1.61. The third kappa shape index (κ3) is 6.28. The number of hydrogen-bond donors (Lipinski definition) is 4. The molecule has 1 aliphatic heterocycles. The van der Waals surface area contributed by atoms with Crippen molar-refractivity contribution in [2.24, 2.45) is 10.2 Å². The lowest BCUT2D eigenvalue weighted by Gasteiger charge is -2.16. The van der Waals surface area contributed by atoms with E-state index in [1.807, 2.05) is 0 Å². The summed E-state index contributed by atoms with van der Waals surface area (Å²) in [6.45, 7) is 0. The molecular weight excluding hydrogens is 449 g/mol. The highest BCUT2D eigenvalue weighted by atomic mass is 16.7. The van der Waals surface area contributed by atoms with Gasteiger partial charge in [0.1, 0.15) is 5.76 Å². The Morgan fingerprint density at radius 1 is 1.15 bits per heavy atom. The van der Waals surface area contributed by atoms with Crippen LogP contribution < -0.4 is 10.5 Å². The highest BCUT2D eigenvalue weighted by Gasteiger charge is 2.32. The number of aliphatic hydroxyl groups excluding tert-OH is 1. The van der Waals surface area contributed by atoms with E-state index < -0.39 is 35.8 Å². The summed E-state index contributed by atoms with van der Waals surface area (Å²) in [7, 11) is 0.867. The molecule has 1 saturated heterocycles. The van der Waals surface area contributed by atoms with Gasteiger partial charge in [0.05, 0.1) is 23.7 Å². The molecule has 4 amide bonds. The molecule has 1 heterocycles. The van der Waals surface area contributed by atoms with Crippen molar-refractivity contribution in [1.29, 1.82) is 0 Å². The van der Waals surface area contributed by atoms with Gasteiger partial charge in [0.2, 0.25) is 5.91 Å². The Bertz CT molecular complexity index is 1100. The summed E-state index contributed by atoms with van der Waals surface area (Å²) >= 11 is 0. The van der Waals surface area contributed by atoms with E-state index in [1.54, 1.807) is 18.2 Å². The van der Waals surface area contributed by atoms with Crippen molar-refractivity contribution >= 4 is 43.0 Å². The number of imide groups is 1. The fourth-order valence-electron chi connectivity index (χ4n) is 3.05. The quantitative estimate of drug-likeness (QED) is 0.251. The minimum Gasteiger partial charge on any atom is -0.508 e. The van der Waals surface area contributed by atoms with E-state index in [-0.39, 0.29) is 42.7 Å². The van der Waals surface area contributed by atoms with Gasteiger partial charge >= 0.3 is 19.6 Å². The number of allylic oxidation sites excluding steroid dienone is 1. The van der Waals surface area contributed by atoms with Gasteiger partial charge in [-0.1, -0.05) is 18.2 Å². The van der Waals surface area contributed by atoms with Crippen LogP contribution in [-0.4, -0.2) is 58.7 Å². The number of hydroxylamine groups is 2. The van der Waals surface area contributed by atoms with Gasteiger partial charge < -0.3 is 25.5 Å². The normalized spacial score (nSPS) is 17.8. The Hall–Kier alpha value is -4.49. The number of carbonyl (C=O) groups is 5. The maximum absolute atomic E-state index is 12.2. The average molecular weight is 468 g/mol. The van der Waals surface area contributed by atoms with Crippen molar-refractivity contribution in [3.05, 3.63) is 53.3 Å². The van der Waals surface area contributed by atoms with Crippen molar-refractivity contribution in [1.82, 2.24) is 15.5 Å². The Balaban J connectivity index is 1.47. The molecule has 1 fully saturated rings. The monoisotopic (exact) mass is 468 g/mol. The molecule has 1 aliphatic carbocycles. The topological polar surface area (TPSA) is 187 Å². The van der Waals surface area contributed by atoms with E-state index in [4.69, 9.17) is 0 Å². The van der Waals surface area contributed by atoms with Gasteiger partial charge in [0.25, 0.3) is 11.8 Å². The zero-order valence-corrected chi connectivity index (χ0v) is 17.6. The number of carbonyl (C=O) groups excluding carboxylic acids is 4. The molecule has 1 aromatic carbocycles. The standard InChI is InChI=1S/C20H19BN5O8/c27-15-6-5-12(24-25-14-4-2-1-3-13(14)19(31)32)9-11(15)10-16(28)22-21-23-20(33)34-26-17(29)7-8-18(26)30/h1-6,12,27H,7-10H2,(H,22,28)(H,23,33)(H,31,32). The van der Waals surface area contributed by atoms with Crippen LogP contribution in [0, 0.1) is 0 Å². The molecule has 4 N–H and O–H groups in total. The molecule has 14 heteroatoms. The zero-order valence-electron chi connectivity index (χ0n) is 17.6. The lowest BCUT2D eigenvalue weighted by Crippen LogP contribution is -2.44. The zero-order chi connectivity index (χ0) is 24.7. The first-order valence-corrected chi connectivity index (χ1v) is 10.0. The van der Waals surface area contributed by atoms with Crippen LogP contribution in [0.5, 0.6) is 0 Å². The molecule has 2 aliphatic rings. The van der Waals surface area contributed by atoms with E-state index in [2.05, 4.69) is 25.5 Å². The van der Waals surface area contributed by atoms with Gasteiger partial charge in [0.15, 0.2) is 0 Å². The van der Waals surface area contributed by atoms with Crippen molar-refractivity contribution in [2.75, 3.05) is 0 Å². The number of nitrogens with one attached hydrogen (secondary N) is 2. The summed E-state index contributed by atoms with van der Waals surface area (Å²) < 4.78 is 0. The Labute approximate surface area is 193 Å². The lowest BCUT2D eigenvalue weighted by atomic mass is 9.96. The van der Waals surface area contributed by atoms with E-state index >= 15 is 0 Å². The van der Waals surface area contributed by atoms with E-state index in [9.17, 15) is 34.2 Å².